The van der Waals surface area contributed by atoms with Crippen LogP contribution in [0.3, 0.4) is 0 Å². The Morgan fingerprint density at radius 1 is 1.42 bits per heavy atom. The molecule has 2 N–H and O–H groups in total. The van der Waals surface area contributed by atoms with Gasteiger partial charge in [-0.15, -0.1) is 0 Å². The molecule has 1 atom stereocenters. The van der Waals surface area contributed by atoms with E-state index in [0.29, 0.717) is 12.6 Å². The number of halogens is 1. The lowest BCUT2D eigenvalue weighted by atomic mass is 9.84. The fraction of sp³-hybridized carbons (Fsp3) is 0.625. The molecule has 19 heavy (non-hydrogen) atoms. The minimum atomic E-state index is 0.322. The van der Waals surface area contributed by atoms with Crippen molar-refractivity contribution < 1.29 is 0 Å². The van der Waals surface area contributed by atoms with Crippen molar-refractivity contribution in [2.75, 3.05) is 19.6 Å². The molecular formula is C16H25ClN2. The van der Waals surface area contributed by atoms with E-state index in [1.165, 1.54) is 36.9 Å². The van der Waals surface area contributed by atoms with Gasteiger partial charge >= 0.3 is 0 Å². The summed E-state index contributed by atoms with van der Waals surface area (Å²) >= 11 is 6.05. The molecule has 1 saturated carbocycles. The van der Waals surface area contributed by atoms with Gasteiger partial charge in [0.1, 0.15) is 0 Å². The Bertz CT molecular complexity index is 415. The number of hydrogen-bond acceptors (Lipinski definition) is 2. The Labute approximate surface area is 121 Å². The maximum Gasteiger partial charge on any atom is 0.0473 e. The van der Waals surface area contributed by atoms with Crippen LogP contribution in [0.5, 0.6) is 0 Å². The van der Waals surface area contributed by atoms with Gasteiger partial charge < -0.3 is 5.73 Å². The minimum Gasteiger partial charge on any atom is -0.329 e. The number of nitrogens with two attached hydrogens (primary N) is 1. The first-order chi connectivity index (χ1) is 9.15. The Hall–Kier alpha value is -0.570. The molecule has 0 saturated heterocycles. The molecule has 2 rings (SSSR count). The van der Waals surface area contributed by atoms with Gasteiger partial charge in [-0.2, -0.15) is 0 Å². The second-order valence-electron chi connectivity index (χ2n) is 5.64. The molecule has 0 spiro atoms. The zero-order chi connectivity index (χ0) is 13.8. The van der Waals surface area contributed by atoms with E-state index in [4.69, 9.17) is 17.3 Å². The van der Waals surface area contributed by atoms with Crippen LogP contribution in [0.15, 0.2) is 18.2 Å². The highest BCUT2D eigenvalue weighted by atomic mass is 35.5. The summed E-state index contributed by atoms with van der Waals surface area (Å²) in [6, 6.07) is 6.47. The van der Waals surface area contributed by atoms with E-state index < -0.39 is 0 Å². The Kier molecular flexibility index (Phi) is 5.26. The maximum atomic E-state index is 6.05. The maximum absolute atomic E-state index is 6.05. The van der Waals surface area contributed by atoms with Crippen molar-refractivity contribution in [2.45, 2.75) is 39.2 Å². The molecule has 3 heteroatoms. The summed E-state index contributed by atoms with van der Waals surface area (Å²) in [4.78, 5) is 2.53. The van der Waals surface area contributed by atoms with Crippen molar-refractivity contribution in [2.24, 2.45) is 11.7 Å². The molecule has 1 fully saturated rings. The minimum absolute atomic E-state index is 0.322. The van der Waals surface area contributed by atoms with E-state index in [0.717, 1.165) is 17.5 Å². The SMILES string of the molecule is CCN(CC1CCC1)C(CN)c1ccc(Cl)cc1C. The van der Waals surface area contributed by atoms with Crippen LogP contribution in [0.2, 0.25) is 5.02 Å². The molecule has 0 heterocycles. The molecule has 0 aromatic heterocycles. The van der Waals surface area contributed by atoms with Crippen LogP contribution < -0.4 is 5.73 Å². The van der Waals surface area contributed by atoms with Crippen molar-refractivity contribution >= 4 is 11.6 Å². The van der Waals surface area contributed by atoms with Crippen LogP contribution in [0, 0.1) is 12.8 Å². The Morgan fingerprint density at radius 3 is 2.63 bits per heavy atom. The number of nitrogens with zero attached hydrogens (tertiary/aromatic N) is 1. The third-order valence-electron chi connectivity index (χ3n) is 4.38. The second kappa shape index (κ2) is 6.74. The highest BCUT2D eigenvalue weighted by Crippen LogP contribution is 2.31. The van der Waals surface area contributed by atoms with E-state index in [9.17, 15) is 0 Å². The van der Waals surface area contributed by atoms with Gasteiger partial charge in [-0.1, -0.05) is 31.0 Å². The van der Waals surface area contributed by atoms with Crippen LogP contribution in [0.1, 0.15) is 43.4 Å². The molecule has 0 radical (unpaired) electrons. The monoisotopic (exact) mass is 280 g/mol. The number of benzene rings is 1. The van der Waals surface area contributed by atoms with E-state index in [2.05, 4.69) is 24.8 Å². The van der Waals surface area contributed by atoms with Crippen molar-refractivity contribution in [3.8, 4) is 0 Å². The van der Waals surface area contributed by atoms with E-state index >= 15 is 0 Å². The Balaban J connectivity index is 2.15. The summed E-state index contributed by atoms with van der Waals surface area (Å²) in [5.74, 6) is 0.876. The van der Waals surface area contributed by atoms with Gasteiger partial charge in [0.2, 0.25) is 0 Å². The fourth-order valence-electron chi connectivity index (χ4n) is 2.97. The summed E-state index contributed by atoms with van der Waals surface area (Å²) in [5, 5.41) is 0.805. The molecule has 0 aliphatic heterocycles. The molecular weight excluding hydrogens is 256 g/mol. The number of likely N-dealkylation sites (N-methyl/N-ethyl adjacent to an activating group) is 1. The standard InChI is InChI=1S/C16H25ClN2/c1-3-19(11-13-5-4-6-13)16(10-18)15-8-7-14(17)9-12(15)2/h7-9,13,16H,3-6,10-11,18H2,1-2H3. The molecule has 1 aliphatic carbocycles. The normalized spacial score (nSPS) is 17.5. The summed E-state index contributed by atoms with van der Waals surface area (Å²) in [6.07, 6.45) is 4.16. The van der Waals surface area contributed by atoms with Gasteiger partial charge in [0.25, 0.3) is 0 Å². The van der Waals surface area contributed by atoms with E-state index in [1.807, 2.05) is 12.1 Å². The zero-order valence-electron chi connectivity index (χ0n) is 12.0. The molecule has 106 valence electrons. The van der Waals surface area contributed by atoms with Gasteiger partial charge in [-0.05, 0) is 55.5 Å². The van der Waals surface area contributed by atoms with E-state index in [-0.39, 0.29) is 0 Å². The van der Waals surface area contributed by atoms with Crippen molar-refractivity contribution in [3.05, 3.63) is 34.3 Å². The molecule has 0 bridgehead atoms. The van der Waals surface area contributed by atoms with Crippen LogP contribution in [-0.2, 0) is 0 Å². The molecule has 1 unspecified atom stereocenters. The zero-order valence-corrected chi connectivity index (χ0v) is 12.8. The quantitative estimate of drug-likeness (QED) is 0.859. The average molecular weight is 281 g/mol. The van der Waals surface area contributed by atoms with Crippen LogP contribution in [0.25, 0.3) is 0 Å². The molecule has 1 aromatic rings. The predicted octanol–water partition coefficient (Wildman–Crippen LogP) is 3.77. The lowest BCUT2D eigenvalue weighted by Crippen LogP contribution is -2.39. The van der Waals surface area contributed by atoms with Crippen LogP contribution in [-0.4, -0.2) is 24.5 Å². The third-order valence-corrected chi connectivity index (χ3v) is 4.61. The largest absolute Gasteiger partial charge is 0.329 e. The second-order valence-corrected chi connectivity index (χ2v) is 6.07. The van der Waals surface area contributed by atoms with E-state index in [1.54, 1.807) is 0 Å². The van der Waals surface area contributed by atoms with Gasteiger partial charge in [-0.25, -0.2) is 0 Å². The third kappa shape index (κ3) is 3.50. The van der Waals surface area contributed by atoms with Crippen molar-refractivity contribution in [1.29, 1.82) is 0 Å². The summed E-state index contributed by atoms with van der Waals surface area (Å²) in [6.45, 7) is 7.26. The van der Waals surface area contributed by atoms with Gasteiger partial charge in [0, 0.05) is 24.2 Å². The van der Waals surface area contributed by atoms with Gasteiger partial charge in [0.05, 0.1) is 0 Å². The number of hydrogen-bond donors (Lipinski definition) is 1. The first-order valence-electron chi connectivity index (χ1n) is 7.35. The topological polar surface area (TPSA) is 29.3 Å². The highest BCUT2D eigenvalue weighted by molar-refractivity contribution is 6.30. The number of rotatable bonds is 6. The summed E-state index contributed by atoms with van der Waals surface area (Å²) in [5.41, 5.74) is 8.62. The smallest absolute Gasteiger partial charge is 0.0473 e. The average Bonchev–Trinajstić information content (AvgIpc) is 2.33. The van der Waals surface area contributed by atoms with Crippen LogP contribution >= 0.6 is 11.6 Å². The fourth-order valence-corrected chi connectivity index (χ4v) is 3.20. The summed E-state index contributed by atoms with van der Waals surface area (Å²) in [7, 11) is 0. The summed E-state index contributed by atoms with van der Waals surface area (Å²) < 4.78 is 0. The molecule has 1 aromatic carbocycles. The van der Waals surface area contributed by atoms with Crippen LogP contribution in [0.4, 0.5) is 0 Å². The van der Waals surface area contributed by atoms with Gasteiger partial charge in [0.15, 0.2) is 0 Å². The lowest BCUT2D eigenvalue weighted by Gasteiger charge is -2.37. The molecule has 0 amide bonds. The Morgan fingerprint density at radius 2 is 2.16 bits per heavy atom. The predicted molar refractivity (Wildman–Crippen MR) is 82.6 cm³/mol. The van der Waals surface area contributed by atoms with Crippen molar-refractivity contribution in [1.82, 2.24) is 4.90 Å². The first-order valence-corrected chi connectivity index (χ1v) is 7.73. The lowest BCUT2D eigenvalue weighted by molar-refractivity contribution is 0.141. The molecule has 1 aliphatic rings. The highest BCUT2D eigenvalue weighted by Gasteiger charge is 2.25. The van der Waals surface area contributed by atoms with Crippen molar-refractivity contribution in [3.63, 3.8) is 0 Å². The number of aryl methyl sites for hydroxylation is 1. The molecule has 2 nitrogen and oxygen atoms in total. The van der Waals surface area contributed by atoms with Gasteiger partial charge in [-0.3, -0.25) is 4.90 Å². The first kappa shape index (κ1) is 14.8.